The minimum Gasteiger partial charge on any atom is -0.508 e. The lowest BCUT2D eigenvalue weighted by atomic mass is 9.85. The van der Waals surface area contributed by atoms with Crippen molar-refractivity contribution in [2.75, 3.05) is 52.6 Å². The summed E-state index contributed by atoms with van der Waals surface area (Å²) in [7, 11) is 0. The molecule has 0 radical (unpaired) electrons. The summed E-state index contributed by atoms with van der Waals surface area (Å²) in [5, 5.41) is 27.2. The number of carbonyl (C=O) groups excluding carboxylic acids is 3. The molecular formula is C50H59FN4O8S. The van der Waals surface area contributed by atoms with Crippen LogP contribution in [0.4, 0.5) is 4.39 Å². The highest BCUT2D eigenvalue weighted by Crippen LogP contribution is 2.47. The number of piperidine rings is 1. The lowest BCUT2D eigenvalue weighted by Gasteiger charge is -2.35. The van der Waals surface area contributed by atoms with Crippen molar-refractivity contribution in [3.8, 4) is 27.7 Å². The molecule has 340 valence electrons. The molecule has 4 aromatic carbocycles. The molecule has 2 saturated heterocycles. The van der Waals surface area contributed by atoms with Crippen molar-refractivity contribution >= 4 is 39.1 Å². The first kappa shape index (κ1) is 46.6. The molecule has 2 fully saturated rings. The smallest absolute Gasteiger partial charge is 0.246 e. The first-order valence-electron chi connectivity index (χ1n) is 22.0. The highest BCUT2D eigenvalue weighted by atomic mass is 32.1. The Morgan fingerprint density at radius 1 is 0.906 bits per heavy atom. The molecular weight excluding hydrogens is 836 g/mol. The molecule has 2 aliphatic rings. The van der Waals surface area contributed by atoms with E-state index in [4.69, 9.17) is 14.2 Å². The number of hydrogen-bond donors (Lipinski definition) is 4. The molecule has 3 amide bonds. The molecule has 0 saturated carbocycles. The van der Waals surface area contributed by atoms with Crippen molar-refractivity contribution in [3.05, 3.63) is 114 Å². The van der Waals surface area contributed by atoms with Crippen LogP contribution in [0.1, 0.15) is 62.6 Å². The highest BCUT2D eigenvalue weighted by Gasteiger charge is 2.44. The molecule has 2 aliphatic heterocycles. The number of benzene rings is 4. The number of halogens is 1. The number of β-amino-alcohol motifs (C(OH)–C–C–N with tert-alkyl or cyclic N) is 1. The van der Waals surface area contributed by atoms with Gasteiger partial charge in [0, 0.05) is 36.1 Å². The van der Waals surface area contributed by atoms with E-state index in [2.05, 4.69) is 27.7 Å². The van der Waals surface area contributed by atoms with Crippen molar-refractivity contribution in [2.24, 2.45) is 5.41 Å². The molecule has 0 bridgehead atoms. The first-order valence-corrected chi connectivity index (χ1v) is 22.8. The van der Waals surface area contributed by atoms with Crippen molar-refractivity contribution in [2.45, 2.75) is 77.6 Å². The van der Waals surface area contributed by atoms with Gasteiger partial charge in [-0.3, -0.25) is 14.4 Å². The Balaban J connectivity index is 0.803. The van der Waals surface area contributed by atoms with Gasteiger partial charge in [-0.2, -0.15) is 0 Å². The number of nitrogens with one attached hydrogen (secondary N) is 2. The third kappa shape index (κ3) is 12.0. The molecule has 0 spiro atoms. The van der Waals surface area contributed by atoms with E-state index in [1.54, 1.807) is 24.3 Å². The Labute approximate surface area is 378 Å². The summed E-state index contributed by atoms with van der Waals surface area (Å²) < 4.78 is 32.5. The zero-order valence-electron chi connectivity index (χ0n) is 37.0. The second-order valence-corrected chi connectivity index (χ2v) is 18.9. The van der Waals surface area contributed by atoms with Crippen LogP contribution >= 0.6 is 11.3 Å². The summed E-state index contributed by atoms with van der Waals surface area (Å²) in [5.74, 6) is 0.457. The van der Waals surface area contributed by atoms with Gasteiger partial charge in [0.05, 0.1) is 30.8 Å². The fourth-order valence-electron chi connectivity index (χ4n) is 8.28. The van der Waals surface area contributed by atoms with E-state index in [9.17, 15) is 29.0 Å². The summed E-state index contributed by atoms with van der Waals surface area (Å²) >= 11 is 1.49. The summed E-state index contributed by atoms with van der Waals surface area (Å²) in [6, 6.07) is 25.8. The van der Waals surface area contributed by atoms with E-state index in [0.29, 0.717) is 37.2 Å². The van der Waals surface area contributed by atoms with E-state index in [0.717, 1.165) is 64.1 Å². The molecule has 0 aliphatic carbocycles. The topological polar surface area (TPSA) is 150 Å². The van der Waals surface area contributed by atoms with Gasteiger partial charge in [-0.1, -0.05) is 74.9 Å². The predicted octanol–water partition coefficient (Wildman–Crippen LogP) is 7.54. The van der Waals surface area contributed by atoms with Crippen LogP contribution in [0.25, 0.3) is 20.5 Å². The van der Waals surface area contributed by atoms with E-state index < -0.39 is 35.4 Å². The summed E-state index contributed by atoms with van der Waals surface area (Å²) in [6.07, 6.45) is 1.31. The second-order valence-electron chi connectivity index (χ2n) is 17.9. The van der Waals surface area contributed by atoms with Crippen LogP contribution in [0.2, 0.25) is 0 Å². The van der Waals surface area contributed by atoms with Gasteiger partial charge >= 0.3 is 0 Å². The van der Waals surface area contributed by atoms with E-state index in [-0.39, 0.29) is 43.7 Å². The Hall–Kier alpha value is -5.38. The van der Waals surface area contributed by atoms with Gasteiger partial charge in [-0.05, 0) is 103 Å². The van der Waals surface area contributed by atoms with Crippen LogP contribution in [-0.4, -0.2) is 109 Å². The number of nitrogens with zero attached hydrogens (tertiary/aromatic N) is 2. The Bertz CT molecular complexity index is 2360. The predicted molar refractivity (Wildman–Crippen MR) is 246 cm³/mol. The minimum atomic E-state index is -0.936. The number of thiophene rings is 1. The third-order valence-electron chi connectivity index (χ3n) is 11.9. The third-order valence-corrected chi connectivity index (χ3v) is 13.1. The average molecular weight is 895 g/mol. The van der Waals surface area contributed by atoms with E-state index >= 15 is 0 Å². The number of aliphatic hydroxyl groups excluding tert-OH is 1. The highest BCUT2D eigenvalue weighted by molar-refractivity contribution is 7.22. The van der Waals surface area contributed by atoms with Gasteiger partial charge in [0.15, 0.2) is 5.75 Å². The van der Waals surface area contributed by atoms with Crippen LogP contribution < -0.4 is 15.4 Å². The van der Waals surface area contributed by atoms with E-state index in [1.807, 2.05) is 70.2 Å². The van der Waals surface area contributed by atoms with Crippen molar-refractivity contribution in [1.82, 2.24) is 20.4 Å². The summed E-state index contributed by atoms with van der Waals surface area (Å²) in [5.41, 5.74) is 3.47. The monoisotopic (exact) mass is 894 g/mol. The van der Waals surface area contributed by atoms with Crippen molar-refractivity contribution in [3.63, 3.8) is 0 Å². The molecule has 1 aromatic heterocycles. The summed E-state index contributed by atoms with van der Waals surface area (Å²) in [4.78, 5) is 44.7. The molecule has 5 aromatic rings. The van der Waals surface area contributed by atoms with Gasteiger partial charge in [0.1, 0.15) is 36.0 Å². The standard InChI is InChI=1S/C50H59FN4O8S/c1-32-5-7-33(8-6-32)29-52-48(59)42-27-39(57)30-55(42)49(60)47(50(2,3)4)53-44(58)31-62-26-25-61-24-23-54-21-19-35(20-22-54)34-11-16-40(17-12-34)63-45-41-18-15-38(56)28-43(41)64-46(45)36-9-13-37(51)14-10-36/h5-18,28,35,39,42,47,56-57H,19-27,29-31H2,1-4H3,(H,52,59)(H,53,58)/t39-,42+,47-/m1/s1. The number of rotatable bonds is 17. The fraction of sp³-hybridized carbons (Fsp3) is 0.420. The maximum absolute atomic E-state index is 13.9. The number of fused-ring (bicyclic) bond motifs is 1. The normalized spacial score (nSPS) is 17.7. The molecule has 3 atom stereocenters. The number of phenols is 1. The Kier molecular flexibility index (Phi) is 15.3. The molecule has 3 heterocycles. The fourth-order valence-corrected chi connectivity index (χ4v) is 9.45. The number of phenolic OH excluding ortho intramolecular Hbond substituents is 1. The SMILES string of the molecule is Cc1ccc(CNC(=O)[C@@H]2C[C@@H](O)CN2C(=O)[C@@H](NC(=O)COCCOCCN2CCC(c3ccc(Oc4c(-c5ccc(F)cc5)sc5cc(O)ccc45)cc3)CC2)C(C)(C)C)cc1. The van der Waals surface area contributed by atoms with Crippen LogP contribution in [0, 0.1) is 18.2 Å². The summed E-state index contributed by atoms with van der Waals surface area (Å²) in [6.45, 7) is 11.3. The largest absolute Gasteiger partial charge is 0.508 e. The average Bonchev–Trinajstić information content (AvgIpc) is 3.84. The number of amides is 3. The lowest BCUT2D eigenvalue weighted by Crippen LogP contribution is -2.58. The number of ether oxygens (including phenoxy) is 3. The first-order chi connectivity index (χ1) is 30.7. The van der Waals surface area contributed by atoms with Gasteiger partial charge in [-0.15, -0.1) is 11.3 Å². The van der Waals surface area contributed by atoms with E-state index in [1.165, 1.54) is 33.9 Å². The van der Waals surface area contributed by atoms with Gasteiger partial charge in [0.2, 0.25) is 17.7 Å². The maximum Gasteiger partial charge on any atom is 0.246 e. The molecule has 4 N–H and O–H groups in total. The van der Waals surface area contributed by atoms with Gasteiger partial charge < -0.3 is 44.9 Å². The second kappa shape index (κ2) is 21.1. The zero-order valence-corrected chi connectivity index (χ0v) is 37.8. The number of likely N-dealkylation sites (tertiary alicyclic amines) is 2. The number of carbonyl (C=O) groups is 3. The number of hydrogen-bond acceptors (Lipinski definition) is 10. The van der Waals surface area contributed by atoms with Crippen molar-refractivity contribution in [1.29, 1.82) is 0 Å². The quantitative estimate of drug-likeness (QED) is 0.0695. The number of aryl methyl sites for hydroxylation is 1. The molecule has 64 heavy (non-hydrogen) atoms. The molecule has 7 rings (SSSR count). The van der Waals surface area contributed by atoms with Crippen molar-refractivity contribution < 1.29 is 43.2 Å². The van der Waals surface area contributed by atoms with Crippen LogP contribution in [0.3, 0.4) is 0 Å². The maximum atomic E-state index is 13.9. The molecule has 14 heteroatoms. The minimum absolute atomic E-state index is 0.00616. The lowest BCUT2D eigenvalue weighted by molar-refractivity contribution is -0.144. The number of aromatic hydroxyl groups is 1. The number of aliphatic hydroxyl groups is 1. The van der Waals surface area contributed by atoms with Gasteiger partial charge in [0.25, 0.3) is 0 Å². The van der Waals surface area contributed by atoms with Crippen LogP contribution in [0.15, 0.2) is 91.0 Å². The van der Waals surface area contributed by atoms with Crippen LogP contribution in [-0.2, 0) is 30.4 Å². The Morgan fingerprint density at radius 2 is 1.61 bits per heavy atom. The zero-order chi connectivity index (χ0) is 45.4. The van der Waals surface area contributed by atoms with Crippen LogP contribution in [0.5, 0.6) is 17.2 Å². The molecule has 0 unspecified atom stereocenters. The van der Waals surface area contributed by atoms with Gasteiger partial charge in [-0.25, -0.2) is 4.39 Å². The Morgan fingerprint density at radius 3 is 2.31 bits per heavy atom. The molecule has 12 nitrogen and oxygen atoms in total.